The quantitative estimate of drug-likeness (QED) is 0.860. The van der Waals surface area contributed by atoms with Gasteiger partial charge in [-0.3, -0.25) is 0 Å². The minimum absolute atomic E-state index is 0.189. The summed E-state index contributed by atoms with van der Waals surface area (Å²) in [7, 11) is 0. The van der Waals surface area contributed by atoms with Crippen molar-refractivity contribution in [1.82, 2.24) is 4.57 Å². The smallest absolute Gasteiger partial charge is 0.0610 e. The number of hydrogen-bond donors (Lipinski definition) is 1. The molecule has 1 N–H and O–H groups in total. The Bertz CT molecular complexity index is 537. The van der Waals surface area contributed by atoms with Crippen molar-refractivity contribution in [3.05, 3.63) is 35.0 Å². The van der Waals surface area contributed by atoms with E-state index in [1.807, 2.05) is 0 Å². The number of benzene rings is 1. The molecule has 0 aliphatic heterocycles. The van der Waals surface area contributed by atoms with Gasteiger partial charge in [0.15, 0.2) is 0 Å². The number of fused-ring (bicyclic) bond motifs is 1. The fourth-order valence-electron chi connectivity index (χ4n) is 2.61. The molecule has 2 nitrogen and oxygen atoms in total. The molecule has 0 radical (unpaired) electrons. The van der Waals surface area contributed by atoms with E-state index in [1.54, 1.807) is 0 Å². The molecular formula is C15H21NO. The number of aliphatic hydroxyl groups is 1. The van der Waals surface area contributed by atoms with E-state index < -0.39 is 0 Å². The Morgan fingerprint density at radius 2 is 1.94 bits per heavy atom. The van der Waals surface area contributed by atoms with Crippen LogP contribution in [0.25, 0.3) is 10.9 Å². The van der Waals surface area contributed by atoms with Crippen molar-refractivity contribution < 1.29 is 5.11 Å². The van der Waals surface area contributed by atoms with E-state index in [9.17, 15) is 0 Å². The molecule has 2 heteroatoms. The molecule has 2 rings (SSSR count). The van der Waals surface area contributed by atoms with Crippen molar-refractivity contribution in [2.24, 2.45) is 0 Å². The maximum Gasteiger partial charge on any atom is 0.0610 e. The lowest BCUT2D eigenvalue weighted by molar-refractivity contribution is 0.278. The van der Waals surface area contributed by atoms with Gasteiger partial charge in [-0.1, -0.05) is 25.5 Å². The third kappa shape index (κ3) is 2.09. The van der Waals surface area contributed by atoms with E-state index in [0.717, 1.165) is 0 Å². The SMILES string of the molecule is Cc1cc(C)c2c(c1)c(C(C)C)cn2CCO. The fraction of sp³-hybridized carbons (Fsp3) is 0.467. The van der Waals surface area contributed by atoms with Crippen molar-refractivity contribution in [2.45, 2.75) is 40.2 Å². The summed E-state index contributed by atoms with van der Waals surface area (Å²) in [4.78, 5) is 0. The Kier molecular flexibility index (Phi) is 3.25. The van der Waals surface area contributed by atoms with Crippen molar-refractivity contribution >= 4 is 10.9 Å². The second-order valence-corrected chi connectivity index (χ2v) is 5.13. The first-order valence-corrected chi connectivity index (χ1v) is 6.25. The Morgan fingerprint density at radius 1 is 1.24 bits per heavy atom. The molecule has 0 bridgehead atoms. The molecule has 92 valence electrons. The Morgan fingerprint density at radius 3 is 2.53 bits per heavy atom. The summed E-state index contributed by atoms with van der Waals surface area (Å²) in [5, 5.41) is 10.5. The number of aliphatic hydroxyl groups excluding tert-OH is 1. The van der Waals surface area contributed by atoms with Crippen molar-refractivity contribution in [3.8, 4) is 0 Å². The molecule has 1 heterocycles. The van der Waals surface area contributed by atoms with Crippen LogP contribution in [0.15, 0.2) is 18.3 Å². The van der Waals surface area contributed by atoms with Crippen LogP contribution in [-0.4, -0.2) is 16.3 Å². The van der Waals surface area contributed by atoms with Crippen LogP contribution in [0.5, 0.6) is 0 Å². The topological polar surface area (TPSA) is 25.2 Å². The molecule has 0 aliphatic rings. The summed E-state index contributed by atoms with van der Waals surface area (Å²) in [5.74, 6) is 0.513. The number of aromatic nitrogens is 1. The summed E-state index contributed by atoms with van der Waals surface area (Å²) >= 11 is 0. The van der Waals surface area contributed by atoms with E-state index in [2.05, 4.69) is 50.6 Å². The van der Waals surface area contributed by atoms with Crippen LogP contribution < -0.4 is 0 Å². The fourth-order valence-corrected chi connectivity index (χ4v) is 2.61. The van der Waals surface area contributed by atoms with E-state index >= 15 is 0 Å². The first-order chi connectivity index (χ1) is 8.04. The Balaban J connectivity index is 2.76. The van der Waals surface area contributed by atoms with Gasteiger partial charge in [-0.25, -0.2) is 0 Å². The van der Waals surface area contributed by atoms with E-state index in [0.29, 0.717) is 12.5 Å². The number of rotatable bonds is 3. The van der Waals surface area contributed by atoms with Gasteiger partial charge in [0.25, 0.3) is 0 Å². The van der Waals surface area contributed by atoms with Gasteiger partial charge in [-0.05, 0) is 37.0 Å². The summed E-state index contributed by atoms with van der Waals surface area (Å²) < 4.78 is 2.18. The zero-order chi connectivity index (χ0) is 12.6. The molecular weight excluding hydrogens is 210 g/mol. The zero-order valence-corrected chi connectivity index (χ0v) is 11.1. The van der Waals surface area contributed by atoms with Gasteiger partial charge in [0.1, 0.15) is 0 Å². The van der Waals surface area contributed by atoms with Crippen molar-refractivity contribution in [1.29, 1.82) is 0 Å². The van der Waals surface area contributed by atoms with Gasteiger partial charge in [0.05, 0.1) is 12.1 Å². The molecule has 17 heavy (non-hydrogen) atoms. The summed E-state index contributed by atoms with van der Waals surface area (Å²) in [6.07, 6.45) is 2.19. The van der Waals surface area contributed by atoms with E-state index in [-0.39, 0.29) is 6.61 Å². The molecule has 0 fully saturated rings. The Hall–Kier alpha value is -1.28. The van der Waals surface area contributed by atoms with Gasteiger partial charge in [-0.2, -0.15) is 0 Å². The van der Waals surface area contributed by atoms with Crippen LogP contribution in [0.1, 0.15) is 36.5 Å². The highest BCUT2D eigenvalue weighted by Crippen LogP contribution is 2.30. The number of aryl methyl sites for hydroxylation is 2. The monoisotopic (exact) mass is 231 g/mol. The lowest BCUT2D eigenvalue weighted by Crippen LogP contribution is -2.01. The van der Waals surface area contributed by atoms with Gasteiger partial charge >= 0.3 is 0 Å². The average Bonchev–Trinajstić information content (AvgIpc) is 2.57. The zero-order valence-electron chi connectivity index (χ0n) is 11.1. The van der Waals surface area contributed by atoms with Crippen LogP contribution in [0.4, 0.5) is 0 Å². The lowest BCUT2D eigenvalue weighted by atomic mass is 9.99. The highest BCUT2D eigenvalue weighted by atomic mass is 16.3. The molecule has 1 aromatic heterocycles. The van der Waals surface area contributed by atoms with Crippen LogP contribution in [0.3, 0.4) is 0 Å². The molecule has 1 aromatic carbocycles. The van der Waals surface area contributed by atoms with E-state index in [1.165, 1.54) is 27.6 Å². The number of hydrogen-bond acceptors (Lipinski definition) is 1. The standard InChI is InChI=1S/C15H21NO/c1-10(2)14-9-16(5-6-17)15-12(4)7-11(3)8-13(14)15/h7-10,17H,5-6H2,1-4H3. The maximum absolute atomic E-state index is 9.15. The molecule has 0 saturated carbocycles. The van der Waals surface area contributed by atoms with E-state index in [4.69, 9.17) is 5.11 Å². The summed E-state index contributed by atoms with van der Waals surface area (Å²) in [6.45, 7) is 9.58. The van der Waals surface area contributed by atoms with Gasteiger partial charge in [-0.15, -0.1) is 0 Å². The molecule has 0 unspecified atom stereocenters. The lowest BCUT2D eigenvalue weighted by Gasteiger charge is -2.06. The molecule has 2 aromatic rings. The molecule has 0 aliphatic carbocycles. The molecule has 0 atom stereocenters. The minimum atomic E-state index is 0.189. The summed E-state index contributed by atoms with van der Waals surface area (Å²) in [6, 6.07) is 4.46. The molecule has 0 spiro atoms. The Labute approximate surface area is 103 Å². The second kappa shape index (κ2) is 4.53. The minimum Gasteiger partial charge on any atom is -0.395 e. The first kappa shape index (κ1) is 12.2. The van der Waals surface area contributed by atoms with Crippen LogP contribution >= 0.6 is 0 Å². The van der Waals surface area contributed by atoms with Crippen molar-refractivity contribution in [3.63, 3.8) is 0 Å². The van der Waals surface area contributed by atoms with Crippen molar-refractivity contribution in [2.75, 3.05) is 6.61 Å². The maximum atomic E-state index is 9.15. The van der Waals surface area contributed by atoms with Crippen LogP contribution in [-0.2, 0) is 6.54 Å². The normalized spacial score (nSPS) is 11.6. The third-order valence-corrected chi connectivity index (χ3v) is 3.30. The number of nitrogens with zero attached hydrogens (tertiary/aromatic N) is 1. The predicted octanol–water partition coefficient (Wildman–Crippen LogP) is 3.37. The van der Waals surface area contributed by atoms with Gasteiger partial charge < -0.3 is 9.67 Å². The second-order valence-electron chi connectivity index (χ2n) is 5.13. The predicted molar refractivity (Wildman–Crippen MR) is 72.6 cm³/mol. The first-order valence-electron chi connectivity index (χ1n) is 6.25. The van der Waals surface area contributed by atoms with Gasteiger partial charge in [0.2, 0.25) is 0 Å². The van der Waals surface area contributed by atoms with Crippen LogP contribution in [0, 0.1) is 13.8 Å². The third-order valence-electron chi connectivity index (χ3n) is 3.30. The largest absolute Gasteiger partial charge is 0.395 e. The van der Waals surface area contributed by atoms with Gasteiger partial charge in [0, 0.05) is 18.1 Å². The summed E-state index contributed by atoms with van der Waals surface area (Å²) in [5.41, 5.74) is 5.24. The molecule has 0 amide bonds. The molecule has 0 saturated heterocycles. The van der Waals surface area contributed by atoms with Crippen LogP contribution in [0.2, 0.25) is 0 Å². The highest BCUT2D eigenvalue weighted by Gasteiger charge is 2.13. The highest BCUT2D eigenvalue weighted by molar-refractivity contribution is 5.88. The average molecular weight is 231 g/mol.